The molecule has 2 rings (SSSR count). The molecule has 10 heteroatoms. The number of nitrogens with one attached hydrogen (secondary N) is 2. The summed E-state index contributed by atoms with van der Waals surface area (Å²) in [5, 5.41) is 5.18. The van der Waals surface area contributed by atoms with E-state index in [1.54, 1.807) is 13.8 Å². The molecule has 1 aromatic rings. The Morgan fingerprint density at radius 1 is 1.00 bits per heavy atom. The molecule has 1 aliphatic rings. The van der Waals surface area contributed by atoms with Crippen molar-refractivity contribution >= 4 is 27.8 Å². The number of benzene rings is 1. The predicted octanol–water partition coefficient (Wildman–Crippen LogP) is 1.69. The van der Waals surface area contributed by atoms with Gasteiger partial charge in [-0.1, -0.05) is 33.1 Å². The van der Waals surface area contributed by atoms with Crippen LogP contribution in [0.4, 0.5) is 0 Å². The van der Waals surface area contributed by atoms with E-state index in [0.717, 1.165) is 12.8 Å². The van der Waals surface area contributed by atoms with Crippen LogP contribution in [0.3, 0.4) is 0 Å². The van der Waals surface area contributed by atoms with E-state index in [4.69, 9.17) is 4.74 Å². The van der Waals surface area contributed by atoms with Gasteiger partial charge in [-0.2, -0.15) is 4.31 Å². The summed E-state index contributed by atoms with van der Waals surface area (Å²) in [6.45, 7) is 4.01. The summed E-state index contributed by atoms with van der Waals surface area (Å²) >= 11 is 0. The molecule has 1 saturated carbocycles. The van der Waals surface area contributed by atoms with Crippen molar-refractivity contribution in [3.63, 3.8) is 0 Å². The van der Waals surface area contributed by atoms with Crippen molar-refractivity contribution in [1.29, 1.82) is 0 Å². The summed E-state index contributed by atoms with van der Waals surface area (Å²) in [7, 11) is -3.61. The lowest BCUT2D eigenvalue weighted by Crippen LogP contribution is -2.36. The molecule has 178 valence electrons. The predicted molar refractivity (Wildman–Crippen MR) is 119 cm³/mol. The van der Waals surface area contributed by atoms with Gasteiger partial charge in [0.1, 0.15) is 6.54 Å². The summed E-state index contributed by atoms with van der Waals surface area (Å²) in [4.78, 5) is 35.9. The minimum Gasteiger partial charge on any atom is -0.454 e. The molecule has 9 nitrogen and oxygen atoms in total. The van der Waals surface area contributed by atoms with Crippen LogP contribution in [-0.2, 0) is 24.3 Å². The molecular weight excluding hydrogens is 434 g/mol. The van der Waals surface area contributed by atoms with Crippen LogP contribution in [0.15, 0.2) is 29.2 Å². The van der Waals surface area contributed by atoms with Gasteiger partial charge in [0, 0.05) is 25.2 Å². The minimum atomic E-state index is -3.61. The van der Waals surface area contributed by atoms with E-state index in [9.17, 15) is 22.8 Å². The molecule has 0 bridgehead atoms. The van der Waals surface area contributed by atoms with Gasteiger partial charge < -0.3 is 15.4 Å². The number of nitrogens with zero attached hydrogens (tertiary/aromatic N) is 1. The Kier molecular flexibility index (Phi) is 10.1. The highest BCUT2D eigenvalue weighted by molar-refractivity contribution is 7.89. The smallest absolute Gasteiger partial charge is 0.325 e. The molecule has 2 N–H and O–H groups in total. The fourth-order valence-electron chi connectivity index (χ4n) is 3.64. The molecule has 0 atom stereocenters. The number of hydrogen-bond acceptors (Lipinski definition) is 6. The van der Waals surface area contributed by atoms with E-state index in [0.29, 0.717) is 25.6 Å². The number of sulfonamides is 1. The fraction of sp³-hybridized carbons (Fsp3) is 0.591. The first kappa shape index (κ1) is 25.8. The molecule has 1 aliphatic carbocycles. The average molecular weight is 468 g/mol. The molecule has 0 aromatic heterocycles. The molecule has 0 heterocycles. The largest absolute Gasteiger partial charge is 0.454 e. The second-order valence-electron chi connectivity index (χ2n) is 7.77. The van der Waals surface area contributed by atoms with Gasteiger partial charge in [-0.25, -0.2) is 8.42 Å². The molecule has 1 aromatic carbocycles. The van der Waals surface area contributed by atoms with E-state index in [2.05, 4.69) is 10.6 Å². The number of hydrogen-bond donors (Lipinski definition) is 2. The molecule has 0 saturated heterocycles. The Labute approximate surface area is 189 Å². The lowest BCUT2D eigenvalue weighted by Gasteiger charge is -2.21. The Hall–Kier alpha value is -2.46. The lowest BCUT2D eigenvalue weighted by atomic mass is 9.89. The van der Waals surface area contributed by atoms with E-state index in [-0.39, 0.29) is 23.0 Å². The van der Waals surface area contributed by atoms with Gasteiger partial charge in [0.2, 0.25) is 10.0 Å². The zero-order valence-electron chi connectivity index (χ0n) is 18.8. The first-order chi connectivity index (χ1) is 15.3. The van der Waals surface area contributed by atoms with Gasteiger partial charge >= 0.3 is 5.97 Å². The fourth-order valence-corrected chi connectivity index (χ4v) is 5.10. The maximum Gasteiger partial charge on any atom is 0.325 e. The number of carbonyl (C=O) groups excluding carboxylic acids is 3. The van der Waals surface area contributed by atoms with Gasteiger partial charge in [-0.3, -0.25) is 14.4 Å². The van der Waals surface area contributed by atoms with Gasteiger partial charge in [0.05, 0.1) is 4.90 Å². The monoisotopic (exact) mass is 467 g/mol. The number of ether oxygens (including phenoxy) is 1. The highest BCUT2D eigenvalue weighted by Crippen LogP contribution is 2.22. The van der Waals surface area contributed by atoms with Crippen LogP contribution in [0.25, 0.3) is 0 Å². The molecule has 2 amide bonds. The molecule has 0 spiro atoms. The van der Waals surface area contributed by atoms with Crippen molar-refractivity contribution in [2.24, 2.45) is 5.92 Å². The summed E-state index contributed by atoms with van der Waals surface area (Å²) < 4.78 is 31.2. The summed E-state index contributed by atoms with van der Waals surface area (Å²) in [6, 6.07) is 5.49. The first-order valence-electron chi connectivity index (χ1n) is 11.1. The molecule has 0 aliphatic heterocycles. The Morgan fingerprint density at radius 3 is 2.22 bits per heavy atom. The molecule has 0 radical (unpaired) electrons. The summed E-state index contributed by atoms with van der Waals surface area (Å²) in [5.41, 5.74) is 0.210. The van der Waals surface area contributed by atoms with E-state index in [1.165, 1.54) is 47.8 Å². The molecule has 1 fully saturated rings. The van der Waals surface area contributed by atoms with Crippen molar-refractivity contribution in [1.82, 2.24) is 14.9 Å². The molecule has 0 unspecified atom stereocenters. The van der Waals surface area contributed by atoms with Crippen LogP contribution in [0.2, 0.25) is 0 Å². The van der Waals surface area contributed by atoms with Crippen molar-refractivity contribution < 1.29 is 27.5 Å². The van der Waals surface area contributed by atoms with Crippen molar-refractivity contribution in [3.05, 3.63) is 29.8 Å². The van der Waals surface area contributed by atoms with Crippen molar-refractivity contribution in [2.45, 2.75) is 50.8 Å². The quantitative estimate of drug-likeness (QED) is 0.478. The molecular formula is C22H33N3O6S. The second kappa shape index (κ2) is 12.5. The van der Waals surface area contributed by atoms with Crippen LogP contribution < -0.4 is 10.6 Å². The van der Waals surface area contributed by atoms with Gasteiger partial charge in [-0.05, 0) is 43.0 Å². The average Bonchev–Trinajstić information content (AvgIpc) is 2.81. The zero-order chi connectivity index (χ0) is 23.6. The first-order valence-corrected chi connectivity index (χ1v) is 12.5. The van der Waals surface area contributed by atoms with Crippen molar-refractivity contribution in [3.8, 4) is 0 Å². The third-order valence-corrected chi connectivity index (χ3v) is 7.59. The number of carbonyl (C=O) groups is 3. The van der Waals surface area contributed by atoms with Gasteiger partial charge in [0.15, 0.2) is 6.61 Å². The van der Waals surface area contributed by atoms with E-state index in [1.807, 2.05) is 0 Å². The Bertz CT molecular complexity index is 875. The van der Waals surface area contributed by atoms with Gasteiger partial charge in [-0.15, -0.1) is 0 Å². The van der Waals surface area contributed by atoms with Gasteiger partial charge in [0.25, 0.3) is 11.8 Å². The Morgan fingerprint density at radius 2 is 1.62 bits per heavy atom. The van der Waals surface area contributed by atoms with Crippen LogP contribution in [-0.4, -0.2) is 63.3 Å². The standard InChI is InChI=1S/C22H33N3O6S/c1-3-25(4-2)32(29,30)19-12-10-18(11-13-19)22(28)24-15-21(27)31-16-20(26)23-14-17-8-6-5-7-9-17/h10-13,17H,3-9,14-16H2,1-2H3,(H,23,26)(H,24,28). The Balaban J connectivity index is 1.74. The maximum absolute atomic E-state index is 12.5. The van der Waals surface area contributed by atoms with Crippen LogP contribution in [0.5, 0.6) is 0 Å². The number of esters is 1. The highest BCUT2D eigenvalue weighted by Gasteiger charge is 2.22. The second-order valence-corrected chi connectivity index (χ2v) is 9.70. The third kappa shape index (κ3) is 7.59. The third-order valence-electron chi connectivity index (χ3n) is 5.53. The highest BCUT2D eigenvalue weighted by atomic mass is 32.2. The maximum atomic E-state index is 12.5. The summed E-state index contributed by atoms with van der Waals surface area (Å²) in [5.74, 6) is -1.15. The lowest BCUT2D eigenvalue weighted by molar-refractivity contribution is -0.147. The number of amides is 2. The van der Waals surface area contributed by atoms with Crippen molar-refractivity contribution in [2.75, 3.05) is 32.8 Å². The number of rotatable bonds is 11. The topological polar surface area (TPSA) is 122 Å². The van der Waals surface area contributed by atoms with Crippen LogP contribution in [0.1, 0.15) is 56.3 Å². The normalized spacial score (nSPS) is 14.7. The van der Waals surface area contributed by atoms with E-state index < -0.39 is 28.4 Å². The van der Waals surface area contributed by atoms with Crippen LogP contribution in [0, 0.1) is 5.92 Å². The zero-order valence-corrected chi connectivity index (χ0v) is 19.6. The van der Waals surface area contributed by atoms with E-state index >= 15 is 0 Å². The van der Waals surface area contributed by atoms with Crippen LogP contribution >= 0.6 is 0 Å². The summed E-state index contributed by atoms with van der Waals surface area (Å²) in [6.07, 6.45) is 5.82. The minimum absolute atomic E-state index is 0.0939. The molecule has 32 heavy (non-hydrogen) atoms. The SMILES string of the molecule is CCN(CC)S(=O)(=O)c1ccc(C(=O)NCC(=O)OCC(=O)NCC2CCCCC2)cc1.